The highest BCUT2D eigenvalue weighted by Gasteiger charge is 2.02. The van der Waals surface area contributed by atoms with Gasteiger partial charge in [0, 0.05) is 6.42 Å². The van der Waals surface area contributed by atoms with Crippen LogP contribution in [-0.2, 0) is 9.53 Å². The molecule has 0 bridgehead atoms. The van der Waals surface area contributed by atoms with Crippen molar-refractivity contribution in [3.8, 4) is 0 Å². The number of carbonyl (C=O) groups excluding carboxylic acids is 1. The fourth-order valence-corrected chi connectivity index (χ4v) is 3.96. The third kappa shape index (κ3) is 27.2. The minimum absolute atomic E-state index is 0.0103. The van der Waals surface area contributed by atoms with E-state index in [4.69, 9.17) is 4.74 Å². The van der Waals surface area contributed by atoms with Crippen molar-refractivity contribution >= 4 is 5.97 Å². The highest BCUT2D eigenvalue weighted by molar-refractivity contribution is 5.69. The molecule has 0 N–H and O–H groups in total. The monoisotopic (exact) mass is 436 g/mol. The van der Waals surface area contributed by atoms with Crippen LogP contribution in [0.4, 0.5) is 0 Å². The van der Waals surface area contributed by atoms with Gasteiger partial charge in [0.15, 0.2) is 0 Å². The number of hydrogen-bond donors (Lipinski definition) is 0. The summed E-state index contributed by atoms with van der Waals surface area (Å²) in [7, 11) is 0. The lowest BCUT2D eigenvalue weighted by molar-refractivity contribution is -0.143. The molecule has 0 atom stereocenters. The van der Waals surface area contributed by atoms with Crippen LogP contribution < -0.4 is 0 Å². The van der Waals surface area contributed by atoms with Crippen molar-refractivity contribution in [3.63, 3.8) is 0 Å². The zero-order valence-corrected chi connectivity index (χ0v) is 21.6. The lowest BCUT2D eigenvalue weighted by Crippen LogP contribution is -2.05. The summed E-state index contributed by atoms with van der Waals surface area (Å²) >= 11 is 0. The molecule has 0 aromatic heterocycles. The highest BCUT2D eigenvalue weighted by atomic mass is 16.5. The van der Waals surface area contributed by atoms with Gasteiger partial charge in [0.2, 0.25) is 0 Å². The molecule has 0 heterocycles. The Kier molecular flexibility index (Phi) is 24.8. The van der Waals surface area contributed by atoms with E-state index in [-0.39, 0.29) is 5.97 Å². The van der Waals surface area contributed by atoms with Crippen LogP contribution in [0.5, 0.6) is 0 Å². The van der Waals surface area contributed by atoms with Crippen molar-refractivity contribution in [2.24, 2.45) is 5.92 Å². The van der Waals surface area contributed by atoms with Crippen molar-refractivity contribution < 1.29 is 9.53 Å². The lowest BCUT2D eigenvalue weighted by atomic mass is 10.0. The van der Waals surface area contributed by atoms with Gasteiger partial charge in [-0.1, -0.05) is 123 Å². The first-order valence-electron chi connectivity index (χ1n) is 14.0. The summed E-state index contributed by atoms with van der Waals surface area (Å²) in [4.78, 5) is 11.8. The number of allylic oxidation sites excluding steroid dienone is 2. The number of esters is 1. The Bertz CT molecular complexity index is 386. The van der Waals surface area contributed by atoms with Crippen LogP contribution in [-0.4, -0.2) is 12.6 Å². The first-order valence-corrected chi connectivity index (χ1v) is 14.0. The van der Waals surface area contributed by atoms with Crippen molar-refractivity contribution in [1.29, 1.82) is 0 Å². The molecule has 184 valence electrons. The molecule has 0 aromatic carbocycles. The maximum atomic E-state index is 11.8. The number of carbonyl (C=O) groups is 1. The second-order valence-electron chi connectivity index (χ2n) is 9.86. The normalized spacial score (nSPS) is 11.6. The largest absolute Gasteiger partial charge is 0.466 e. The lowest BCUT2D eigenvalue weighted by Gasteiger charge is -2.06. The quantitative estimate of drug-likeness (QED) is 0.0854. The van der Waals surface area contributed by atoms with Crippen LogP contribution in [0.1, 0.15) is 156 Å². The molecule has 0 rings (SSSR count). The zero-order chi connectivity index (χ0) is 22.8. The summed E-state index contributed by atoms with van der Waals surface area (Å²) in [6.07, 6.45) is 31.0. The van der Waals surface area contributed by atoms with E-state index in [2.05, 4.69) is 32.9 Å². The van der Waals surface area contributed by atoms with Crippen LogP contribution >= 0.6 is 0 Å². The Morgan fingerprint density at radius 1 is 0.645 bits per heavy atom. The van der Waals surface area contributed by atoms with Gasteiger partial charge in [0.05, 0.1) is 6.61 Å². The Hall–Kier alpha value is -0.790. The van der Waals surface area contributed by atoms with Gasteiger partial charge in [-0.05, 0) is 44.4 Å². The highest BCUT2D eigenvalue weighted by Crippen LogP contribution is 2.13. The minimum atomic E-state index is 0.0103. The van der Waals surface area contributed by atoms with E-state index in [1.165, 1.54) is 109 Å². The molecule has 2 heteroatoms. The Labute approximate surface area is 196 Å². The summed E-state index contributed by atoms with van der Waals surface area (Å²) in [5.74, 6) is 0.862. The van der Waals surface area contributed by atoms with Crippen molar-refractivity contribution in [2.75, 3.05) is 6.61 Å². The van der Waals surface area contributed by atoms with E-state index in [0.717, 1.165) is 25.2 Å². The van der Waals surface area contributed by atoms with E-state index in [9.17, 15) is 4.79 Å². The first kappa shape index (κ1) is 30.2. The summed E-state index contributed by atoms with van der Waals surface area (Å²) in [6, 6.07) is 0. The van der Waals surface area contributed by atoms with Crippen molar-refractivity contribution in [1.82, 2.24) is 0 Å². The van der Waals surface area contributed by atoms with Crippen molar-refractivity contribution in [2.45, 2.75) is 156 Å². The van der Waals surface area contributed by atoms with Gasteiger partial charge in [-0.3, -0.25) is 4.79 Å². The molecule has 0 saturated heterocycles. The second-order valence-corrected chi connectivity index (χ2v) is 9.86. The Morgan fingerprint density at radius 3 is 1.71 bits per heavy atom. The van der Waals surface area contributed by atoms with Gasteiger partial charge >= 0.3 is 5.97 Å². The van der Waals surface area contributed by atoms with Crippen LogP contribution in [0.15, 0.2) is 12.2 Å². The summed E-state index contributed by atoms with van der Waals surface area (Å²) in [6.45, 7) is 7.50. The molecule has 0 fully saturated rings. The smallest absolute Gasteiger partial charge is 0.305 e. The second kappa shape index (κ2) is 25.5. The topological polar surface area (TPSA) is 26.3 Å². The average Bonchev–Trinajstić information content (AvgIpc) is 2.75. The molecule has 0 aromatic rings. The third-order valence-corrected chi connectivity index (χ3v) is 6.08. The molecule has 0 aliphatic carbocycles. The number of unbranched alkanes of at least 4 members (excludes halogenated alkanes) is 16. The zero-order valence-electron chi connectivity index (χ0n) is 21.6. The molecular formula is C29H56O2. The maximum absolute atomic E-state index is 11.8. The van der Waals surface area contributed by atoms with Gasteiger partial charge in [-0.15, -0.1) is 0 Å². The van der Waals surface area contributed by atoms with E-state index in [1.807, 2.05) is 0 Å². The summed E-state index contributed by atoms with van der Waals surface area (Å²) in [5.41, 5.74) is 0. The average molecular weight is 437 g/mol. The number of ether oxygens (including phenoxy) is 1. The molecule has 0 spiro atoms. The number of hydrogen-bond acceptors (Lipinski definition) is 2. The van der Waals surface area contributed by atoms with E-state index in [1.54, 1.807) is 0 Å². The van der Waals surface area contributed by atoms with E-state index < -0.39 is 0 Å². The van der Waals surface area contributed by atoms with Gasteiger partial charge in [0.25, 0.3) is 0 Å². The summed E-state index contributed by atoms with van der Waals surface area (Å²) in [5, 5.41) is 0. The standard InChI is InChI=1S/C29H56O2/c1-4-5-6-7-8-9-10-11-12-13-17-20-23-26-29(30)31-27-24-21-18-15-14-16-19-22-25-28(2)3/h9-10,28H,4-8,11-27H2,1-3H3/b10-9-. The molecule has 0 aliphatic rings. The van der Waals surface area contributed by atoms with Crippen LogP contribution in [0.25, 0.3) is 0 Å². The predicted molar refractivity (Wildman–Crippen MR) is 138 cm³/mol. The van der Waals surface area contributed by atoms with Gasteiger partial charge < -0.3 is 4.74 Å². The minimum Gasteiger partial charge on any atom is -0.466 e. The summed E-state index contributed by atoms with van der Waals surface area (Å²) < 4.78 is 5.38. The molecule has 0 aliphatic heterocycles. The fraction of sp³-hybridized carbons (Fsp3) is 0.897. The molecule has 0 amide bonds. The molecular weight excluding hydrogens is 380 g/mol. The van der Waals surface area contributed by atoms with Crippen LogP contribution in [0, 0.1) is 5.92 Å². The van der Waals surface area contributed by atoms with Crippen LogP contribution in [0.3, 0.4) is 0 Å². The molecule has 31 heavy (non-hydrogen) atoms. The SMILES string of the molecule is CCCCCC/C=C\CCCCCCCC(=O)OCCCCCCCCCCC(C)C. The van der Waals surface area contributed by atoms with Gasteiger partial charge in [-0.25, -0.2) is 0 Å². The Morgan fingerprint density at radius 2 is 1.13 bits per heavy atom. The first-order chi connectivity index (χ1) is 15.2. The fourth-order valence-electron chi connectivity index (χ4n) is 3.96. The maximum Gasteiger partial charge on any atom is 0.305 e. The third-order valence-electron chi connectivity index (χ3n) is 6.08. The van der Waals surface area contributed by atoms with Crippen molar-refractivity contribution in [3.05, 3.63) is 12.2 Å². The molecule has 0 saturated carbocycles. The molecule has 0 unspecified atom stereocenters. The number of rotatable bonds is 24. The van der Waals surface area contributed by atoms with E-state index in [0.29, 0.717) is 13.0 Å². The van der Waals surface area contributed by atoms with E-state index >= 15 is 0 Å². The van der Waals surface area contributed by atoms with Gasteiger partial charge in [0.1, 0.15) is 0 Å². The van der Waals surface area contributed by atoms with Gasteiger partial charge in [-0.2, -0.15) is 0 Å². The van der Waals surface area contributed by atoms with Crippen LogP contribution in [0.2, 0.25) is 0 Å². The predicted octanol–water partition coefficient (Wildman–Crippen LogP) is 9.95. The molecule has 2 nitrogen and oxygen atoms in total. The molecule has 0 radical (unpaired) electrons. The Balaban J connectivity index is 3.21.